The number of halogens is 4. The number of anilines is 1. The average Bonchev–Trinajstić information content (AvgIpc) is 3.30. The lowest BCUT2D eigenvalue weighted by Gasteiger charge is -2.19. The largest absolute Gasteiger partial charge is 0.406 e. The molecule has 8 nitrogen and oxygen atoms in total. The molecular formula is C29H30F4N6O2. The van der Waals surface area contributed by atoms with Gasteiger partial charge in [0.1, 0.15) is 24.3 Å². The van der Waals surface area contributed by atoms with Crippen LogP contribution in [0.2, 0.25) is 0 Å². The maximum Gasteiger partial charge on any atom is 0.406 e. The molecule has 0 unspecified atom stereocenters. The summed E-state index contributed by atoms with van der Waals surface area (Å²) >= 11 is 0. The highest BCUT2D eigenvalue weighted by molar-refractivity contribution is 6.04. The SMILES string of the molecule is Cn1cnnc1-c1cc(F)ccc1-c1cccc(NC(=O)c2cc(CNCC(C)(C)C)cn(CC(F)(F)F)c2=O)c1. The van der Waals surface area contributed by atoms with E-state index in [9.17, 15) is 27.2 Å². The molecule has 0 radical (unpaired) electrons. The maximum atomic E-state index is 14.1. The highest BCUT2D eigenvalue weighted by Gasteiger charge is 2.29. The van der Waals surface area contributed by atoms with E-state index in [0.29, 0.717) is 44.9 Å². The van der Waals surface area contributed by atoms with Crippen LogP contribution in [-0.4, -0.2) is 38.0 Å². The molecule has 1 amide bonds. The van der Waals surface area contributed by atoms with Gasteiger partial charge in [-0.15, -0.1) is 10.2 Å². The topological polar surface area (TPSA) is 93.8 Å². The number of aromatic nitrogens is 4. The van der Waals surface area contributed by atoms with Crippen LogP contribution in [-0.2, 0) is 20.1 Å². The van der Waals surface area contributed by atoms with E-state index in [1.54, 1.807) is 41.9 Å². The molecule has 0 bridgehead atoms. The second kappa shape index (κ2) is 11.7. The Kier molecular flexibility index (Phi) is 8.43. The summed E-state index contributed by atoms with van der Waals surface area (Å²) in [4.78, 5) is 26.2. The van der Waals surface area contributed by atoms with Crippen LogP contribution in [0.25, 0.3) is 22.5 Å². The van der Waals surface area contributed by atoms with E-state index in [1.165, 1.54) is 24.5 Å². The molecule has 216 valence electrons. The van der Waals surface area contributed by atoms with Crippen molar-refractivity contribution >= 4 is 11.6 Å². The molecule has 0 spiro atoms. The predicted molar refractivity (Wildman–Crippen MR) is 148 cm³/mol. The average molecular weight is 571 g/mol. The predicted octanol–water partition coefficient (Wildman–Crippen LogP) is 5.40. The monoisotopic (exact) mass is 570 g/mol. The van der Waals surface area contributed by atoms with Gasteiger partial charge in [0.05, 0.1) is 0 Å². The van der Waals surface area contributed by atoms with Crippen molar-refractivity contribution in [2.24, 2.45) is 12.5 Å². The number of hydrogen-bond acceptors (Lipinski definition) is 5. The summed E-state index contributed by atoms with van der Waals surface area (Å²) in [5.41, 5.74) is 0.779. The van der Waals surface area contributed by atoms with Crippen LogP contribution in [0, 0.1) is 11.2 Å². The van der Waals surface area contributed by atoms with Gasteiger partial charge in [0, 0.05) is 37.6 Å². The molecule has 2 N–H and O–H groups in total. The van der Waals surface area contributed by atoms with Crippen molar-refractivity contribution in [3.05, 3.63) is 88.4 Å². The summed E-state index contributed by atoms with van der Waals surface area (Å²) in [6.07, 6.45) is -2.05. The van der Waals surface area contributed by atoms with E-state index in [1.807, 2.05) is 20.8 Å². The molecule has 4 rings (SSSR count). The third-order valence-electron chi connectivity index (χ3n) is 6.09. The quantitative estimate of drug-likeness (QED) is 0.277. The van der Waals surface area contributed by atoms with E-state index in [2.05, 4.69) is 20.8 Å². The molecule has 4 aromatic rings. The molecule has 0 aliphatic carbocycles. The molecule has 0 atom stereocenters. The number of pyridine rings is 1. The first-order chi connectivity index (χ1) is 19.2. The second-order valence-corrected chi connectivity index (χ2v) is 11.0. The first-order valence-corrected chi connectivity index (χ1v) is 12.8. The van der Waals surface area contributed by atoms with E-state index in [4.69, 9.17) is 0 Å². The number of benzene rings is 2. The number of carbonyl (C=O) groups is 1. The number of nitrogens with zero attached hydrogens (tertiary/aromatic N) is 4. The lowest BCUT2D eigenvalue weighted by Crippen LogP contribution is -2.34. The minimum Gasteiger partial charge on any atom is -0.322 e. The van der Waals surface area contributed by atoms with E-state index >= 15 is 0 Å². The Morgan fingerprint density at radius 3 is 2.44 bits per heavy atom. The lowest BCUT2D eigenvalue weighted by molar-refractivity contribution is -0.141. The second-order valence-electron chi connectivity index (χ2n) is 11.0. The van der Waals surface area contributed by atoms with Gasteiger partial charge in [0.25, 0.3) is 11.5 Å². The molecule has 0 fully saturated rings. The fourth-order valence-electron chi connectivity index (χ4n) is 4.29. The number of rotatable bonds is 8. The number of nitrogens with one attached hydrogen (secondary N) is 2. The number of amides is 1. The smallest absolute Gasteiger partial charge is 0.322 e. The Morgan fingerprint density at radius 2 is 1.78 bits per heavy atom. The van der Waals surface area contributed by atoms with Gasteiger partial charge < -0.3 is 19.8 Å². The van der Waals surface area contributed by atoms with Gasteiger partial charge in [-0.3, -0.25) is 9.59 Å². The number of hydrogen-bond donors (Lipinski definition) is 2. The Labute approximate surface area is 234 Å². The lowest BCUT2D eigenvalue weighted by atomic mass is 9.97. The van der Waals surface area contributed by atoms with Gasteiger partial charge in [0.15, 0.2) is 5.82 Å². The van der Waals surface area contributed by atoms with Crippen LogP contribution >= 0.6 is 0 Å². The Balaban J connectivity index is 1.66. The van der Waals surface area contributed by atoms with Crippen LogP contribution in [0.3, 0.4) is 0 Å². The third-order valence-corrected chi connectivity index (χ3v) is 6.09. The maximum absolute atomic E-state index is 14.1. The number of carbonyl (C=O) groups excluding carboxylic acids is 1. The first-order valence-electron chi connectivity index (χ1n) is 12.8. The zero-order valence-electron chi connectivity index (χ0n) is 23.0. The fraction of sp³-hybridized carbons (Fsp3) is 0.310. The van der Waals surface area contributed by atoms with Crippen LogP contribution < -0.4 is 16.2 Å². The van der Waals surface area contributed by atoms with Gasteiger partial charge >= 0.3 is 6.18 Å². The standard InChI is InChI=1S/C29H30F4N6O2/c1-28(2,3)15-34-13-18-10-24(27(41)39(14-18)16-29(31,32)33)26(40)36-21-7-5-6-19(11-21)22-9-8-20(30)12-23(22)25-37-35-17-38(25)4/h5-12,14,17,34H,13,15-16H2,1-4H3,(H,36,40). The molecule has 2 heterocycles. The molecule has 0 aliphatic heterocycles. The molecule has 41 heavy (non-hydrogen) atoms. The van der Waals surface area contributed by atoms with Gasteiger partial charge in [0.2, 0.25) is 0 Å². The minimum absolute atomic E-state index is 0.0805. The van der Waals surface area contributed by atoms with Crippen LogP contribution in [0.1, 0.15) is 36.7 Å². The summed E-state index contributed by atoms with van der Waals surface area (Å²) in [6.45, 7) is 5.21. The third kappa shape index (κ3) is 7.66. The normalized spacial score (nSPS) is 12.0. The summed E-state index contributed by atoms with van der Waals surface area (Å²) in [6, 6.07) is 12.1. The molecule has 0 saturated heterocycles. The fourth-order valence-corrected chi connectivity index (χ4v) is 4.29. The number of aryl methyl sites for hydroxylation is 1. The van der Waals surface area contributed by atoms with Gasteiger partial charge in [-0.1, -0.05) is 39.0 Å². The van der Waals surface area contributed by atoms with Crippen molar-refractivity contribution in [1.82, 2.24) is 24.6 Å². The molecule has 0 saturated carbocycles. The Hall–Kier alpha value is -4.32. The van der Waals surface area contributed by atoms with Crippen LogP contribution in [0.4, 0.5) is 23.2 Å². The molecular weight excluding hydrogens is 540 g/mol. The van der Waals surface area contributed by atoms with Crippen LogP contribution in [0.5, 0.6) is 0 Å². The molecule has 2 aromatic heterocycles. The van der Waals surface area contributed by atoms with E-state index in [-0.39, 0.29) is 12.0 Å². The summed E-state index contributed by atoms with van der Waals surface area (Å²) < 4.78 is 56.0. The van der Waals surface area contributed by atoms with Gasteiger partial charge in [-0.2, -0.15) is 13.2 Å². The highest BCUT2D eigenvalue weighted by atomic mass is 19.4. The van der Waals surface area contributed by atoms with Crippen molar-refractivity contribution in [2.45, 2.75) is 40.0 Å². The van der Waals surface area contributed by atoms with Crippen molar-refractivity contribution < 1.29 is 22.4 Å². The molecule has 0 aliphatic rings. The van der Waals surface area contributed by atoms with Crippen LogP contribution in [0.15, 0.2) is 65.8 Å². The van der Waals surface area contributed by atoms with Crippen molar-refractivity contribution in [3.63, 3.8) is 0 Å². The van der Waals surface area contributed by atoms with Crippen molar-refractivity contribution in [2.75, 3.05) is 11.9 Å². The Morgan fingerprint density at radius 1 is 1.02 bits per heavy atom. The zero-order chi connectivity index (χ0) is 29.9. The summed E-state index contributed by atoms with van der Waals surface area (Å²) in [7, 11) is 1.72. The van der Waals surface area contributed by atoms with Gasteiger partial charge in [-0.05, 0) is 52.4 Å². The van der Waals surface area contributed by atoms with E-state index < -0.39 is 35.6 Å². The van der Waals surface area contributed by atoms with E-state index in [0.717, 1.165) is 6.20 Å². The minimum atomic E-state index is -4.65. The summed E-state index contributed by atoms with van der Waals surface area (Å²) in [5, 5.41) is 13.7. The highest BCUT2D eigenvalue weighted by Crippen LogP contribution is 2.33. The molecule has 2 aromatic carbocycles. The van der Waals surface area contributed by atoms with Crippen molar-refractivity contribution in [3.8, 4) is 22.5 Å². The Bertz CT molecular complexity index is 1620. The summed E-state index contributed by atoms with van der Waals surface area (Å²) in [5.74, 6) is -0.896. The first kappa shape index (κ1) is 29.7. The molecule has 12 heteroatoms. The van der Waals surface area contributed by atoms with Crippen molar-refractivity contribution in [1.29, 1.82) is 0 Å². The number of alkyl halides is 3. The zero-order valence-corrected chi connectivity index (χ0v) is 23.0. The van der Waals surface area contributed by atoms with Gasteiger partial charge in [-0.25, -0.2) is 4.39 Å².